The van der Waals surface area contributed by atoms with Crippen molar-refractivity contribution in [1.29, 1.82) is 0 Å². The van der Waals surface area contributed by atoms with Crippen LogP contribution in [-0.4, -0.2) is 4.98 Å². The van der Waals surface area contributed by atoms with Crippen LogP contribution in [-0.2, 0) is 0 Å². The number of nitrogens with zero attached hydrogens (tertiary/aromatic N) is 1. The first-order valence-electron chi connectivity index (χ1n) is 12.5. The summed E-state index contributed by atoms with van der Waals surface area (Å²) in [4.78, 5) is 5.32. The van der Waals surface area contributed by atoms with Crippen LogP contribution in [0.1, 0.15) is 11.1 Å². The topological polar surface area (TPSA) is 12.9 Å². The van der Waals surface area contributed by atoms with Gasteiger partial charge in [-0.25, -0.2) is 4.98 Å². The molecule has 0 radical (unpaired) electrons. The highest BCUT2D eigenvalue weighted by Crippen LogP contribution is 2.40. The Morgan fingerprint density at radius 1 is 0.417 bits per heavy atom. The molecular formula is C35H25N. The van der Waals surface area contributed by atoms with E-state index in [1.165, 1.54) is 65.7 Å². The molecule has 6 aromatic carbocycles. The number of aromatic nitrogens is 1. The molecule has 0 saturated carbocycles. The lowest BCUT2D eigenvalue weighted by Crippen LogP contribution is -1.92. The molecule has 1 heterocycles. The molecule has 0 amide bonds. The van der Waals surface area contributed by atoms with Crippen molar-refractivity contribution in [2.75, 3.05) is 0 Å². The van der Waals surface area contributed by atoms with E-state index < -0.39 is 0 Å². The Morgan fingerprint density at radius 2 is 0.972 bits per heavy atom. The van der Waals surface area contributed by atoms with Crippen molar-refractivity contribution in [3.8, 4) is 22.3 Å². The maximum absolute atomic E-state index is 5.32. The zero-order valence-electron chi connectivity index (χ0n) is 20.4. The molecule has 1 heteroatoms. The minimum atomic E-state index is 1.06. The molecule has 36 heavy (non-hydrogen) atoms. The van der Waals surface area contributed by atoms with E-state index in [9.17, 15) is 0 Å². The molecule has 0 saturated heterocycles. The SMILES string of the molecule is Cc1cc(C)cc(-c2cccc(-c3c4ccc5ccccc5c4nc4c3ccc3ccccc34)c2)c1. The van der Waals surface area contributed by atoms with Crippen LogP contribution < -0.4 is 0 Å². The summed E-state index contributed by atoms with van der Waals surface area (Å²) in [5.41, 5.74) is 9.65. The predicted octanol–water partition coefficient (Wildman–Crippen LogP) is 9.65. The summed E-state index contributed by atoms with van der Waals surface area (Å²) in [7, 11) is 0. The number of fused-ring (bicyclic) bond motifs is 6. The van der Waals surface area contributed by atoms with E-state index in [2.05, 4.69) is 129 Å². The molecule has 0 aliphatic heterocycles. The highest BCUT2D eigenvalue weighted by atomic mass is 14.7. The lowest BCUT2D eigenvalue weighted by molar-refractivity contribution is 1.38. The van der Waals surface area contributed by atoms with Gasteiger partial charge in [-0.15, -0.1) is 0 Å². The largest absolute Gasteiger partial charge is 0.246 e. The summed E-state index contributed by atoms with van der Waals surface area (Å²) in [5.74, 6) is 0. The lowest BCUT2D eigenvalue weighted by atomic mass is 9.90. The number of benzene rings is 6. The van der Waals surface area contributed by atoms with E-state index in [-0.39, 0.29) is 0 Å². The van der Waals surface area contributed by atoms with Crippen molar-refractivity contribution < 1.29 is 0 Å². The molecule has 0 spiro atoms. The average Bonchev–Trinajstić information content (AvgIpc) is 2.91. The van der Waals surface area contributed by atoms with Gasteiger partial charge in [0.25, 0.3) is 0 Å². The number of hydrogen-bond acceptors (Lipinski definition) is 1. The van der Waals surface area contributed by atoms with Crippen LogP contribution in [0, 0.1) is 13.8 Å². The fraction of sp³-hybridized carbons (Fsp3) is 0.0571. The van der Waals surface area contributed by atoms with E-state index in [1.807, 2.05) is 0 Å². The van der Waals surface area contributed by atoms with Crippen molar-refractivity contribution in [2.24, 2.45) is 0 Å². The third-order valence-corrected chi connectivity index (χ3v) is 7.27. The first-order chi connectivity index (χ1) is 17.7. The second-order valence-corrected chi connectivity index (χ2v) is 9.81. The molecule has 0 atom stereocenters. The molecule has 0 fully saturated rings. The Kier molecular flexibility index (Phi) is 4.65. The zero-order valence-corrected chi connectivity index (χ0v) is 20.4. The molecule has 7 rings (SSSR count). The van der Waals surface area contributed by atoms with Crippen LogP contribution in [0.25, 0.3) is 65.6 Å². The van der Waals surface area contributed by atoms with Gasteiger partial charge in [-0.2, -0.15) is 0 Å². The normalized spacial score (nSPS) is 11.6. The number of pyridine rings is 1. The highest BCUT2D eigenvalue weighted by molar-refractivity contribution is 6.21. The lowest BCUT2D eigenvalue weighted by Gasteiger charge is -2.15. The third-order valence-electron chi connectivity index (χ3n) is 7.27. The van der Waals surface area contributed by atoms with Gasteiger partial charge < -0.3 is 0 Å². The minimum Gasteiger partial charge on any atom is -0.246 e. The molecule has 0 aliphatic rings. The van der Waals surface area contributed by atoms with E-state index >= 15 is 0 Å². The summed E-state index contributed by atoms with van der Waals surface area (Å²) in [6, 6.07) is 41.8. The van der Waals surface area contributed by atoms with Gasteiger partial charge in [0.2, 0.25) is 0 Å². The van der Waals surface area contributed by atoms with Gasteiger partial charge in [0.1, 0.15) is 0 Å². The van der Waals surface area contributed by atoms with E-state index in [0.29, 0.717) is 0 Å². The Hall–Kier alpha value is -4.49. The standard InChI is InChI=1S/C35H25N/c1-22-18-23(2)20-28(19-22)26-10-7-11-27(21-26)33-31-16-14-24-8-3-5-12-29(24)34(31)36-35-30-13-6-4-9-25(30)15-17-32(33)35/h3-21H,1-2H3. The molecule has 0 N–H and O–H groups in total. The van der Waals surface area contributed by atoms with E-state index in [1.54, 1.807) is 0 Å². The smallest absolute Gasteiger partial charge is 0.0794 e. The molecule has 0 unspecified atom stereocenters. The molecule has 170 valence electrons. The molecule has 7 aromatic rings. The molecule has 1 aromatic heterocycles. The van der Waals surface area contributed by atoms with Gasteiger partial charge >= 0.3 is 0 Å². The Morgan fingerprint density at radius 3 is 1.58 bits per heavy atom. The summed E-state index contributed by atoms with van der Waals surface area (Å²) in [5, 5.41) is 7.19. The van der Waals surface area contributed by atoms with Crippen LogP contribution >= 0.6 is 0 Å². The van der Waals surface area contributed by atoms with Crippen molar-refractivity contribution >= 4 is 43.4 Å². The van der Waals surface area contributed by atoms with Gasteiger partial charge in [-0.05, 0) is 47.4 Å². The van der Waals surface area contributed by atoms with Crippen LogP contribution in [0.15, 0.2) is 115 Å². The number of rotatable bonds is 2. The molecule has 0 aliphatic carbocycles. The van der Waals surface area contributed by atoms with Gasteiger partial charge in [-0.1, -0.05) is 120 Å². The fourth-order valence-corrected chi connectivity index (χ4v) is 5.72. The summed E-state index contributed by atoms with van der Waals surface area (Å²) < 4.78 is 0. The zero-order chi connectivity index (χ0) is 24.2. The Labute approximate surface area is 210 Å². The minimum absolute atomic E-state index is 1.06. The molecule has 0 bridgehead atoms. The number of aryl methyl sites for hydroxylation is 2. The second-order valence-electron chi connectivity index (χ2n) is 9.81. The van der Waals surface area contributed by atoms with Gasteiger partial charge in [0.15, 0.2) is 0 Å². The van der Waals surface area contributed by atoms with Crippen LogP contribution in [0.5, 0.6) is 0 Å². The average molecular weight is 460 g/mol. The van der Waals surface area contributed by atoms with Crippen LogP contribution in [0.4, 0.5) is 0 Å². The Bertz CT molecular complexity index is 1850. The maximum Gasteiger partial charge on any atom is 0.0794 e. The summed E-state index contributed by atoms with van der Waals surface area (Å²) in [6.45, 7) is 4.33. The monoisotopic (exact) mass is 459 g/mol. The van der Waals surface area contributed by atoms with Gasteiger partial charge in [0, 0.05) is 27.1 Å². The summed E-state index contributed by atoms with van der Waals surface area (Å²) in [6.07, 6.45) is 0. The quantitative estimate of drug-likeness (QED) is 0.185. The van der Waals surface area contributed by atoms with Gasteiger partial charge in [0.05, 0.1) is 11.0 Å². The summed E-state index contributed by atoms with van der Waals surface area (Å²) >= 11 is 0. The first-order valence-corrected chi connectivity index (χ1v) is 12.5. The van der Waals surface area contributed by atoms with E-state index in [4.69, 9.17) is 4.98 Å². The van der Waals surface area contributed by atoms with Gasteiger partial charge in [-0.3, -0.25) is 0 Å². The Balaban J connectivity index is 1.62. The molecular weight excluding hydrogens is 434 g/mol. The maximum atomic E-state index is 5.32. The number of hydrogen-bond donors (Lipinski definition) is 0. The van der Waals surface area contributed by atoms with Crippen molar-refractivity contribution in [3.05, 3.63) is 126 Å². The fourth-order valence-electron chi connectivity index (χ4n) is 5.72. The first kappa shape index (κ1) is 20.8. The van der Waals surface area contributed by atoms with E-state index in [0.717, 1.165) is 11.0 Å². The van der Waals surface area contributed by atoms with Crippen molar-refractivity contribution in [1.82, 2.24) is 4.98 Å². The highest BCUT2D eigenvalue weighted by Gasteiger charge is 2.16. The molecule has 1 nitrogen and oxygen atoms in total. The second kappa shape index (κ2) is 8.03. The van der Waals surface area contributed by atoms with Crippen LogP contribution in [0.3, 0.4) is 0 Å². The predicted molar refractivity (Wildman–Crippen MR) is 155 cm³/mol. The van der Waals surface area contributed by atoms with Crippen molar-refractivity contribution in [3.63, 3.8) is 0 Å². The third kappa shape index (κ3) is 3.28. The van der Waals surface area contributed by atoms with Crippen LogP contribution in [0.2, 0.25) is 0 Å². The van der Waals surface area contributed by atoms with Crippen molar-refractivity contribution in [2.45, 2.75) is 13.8 Å².